The van der Waals surface area contributed by atoms with Gasteiger partial charge >= 0.3 is 0 Å². The number of carbonyl (C=O) groups excluding carboxylic acids is 1. The number of rotatable bonds is 4. The molecule has 1 fully saturated rings. The first kappa shape index (κ1) is 17.7. The Morgan fingerprint density at radius 2 is 2.19 bits per heavy atom. The summed E-state index contributed by atoms with van der Waals surface area (Å²) in [7, 11) is 0. The molecule has 5 nitrogen and oxygen atoms in total. The molecule has 1 aromatic carbocycles. The average molecular weight is 372 g/mol. The van der Waals surface area contributed by atoms with Crippen molar-refractivity contribution in [1.29, 1.82) is 0 Å². The zero-order valence-corrected chi connectivity index (χ0v) is 15.5. The number of thiophene rings is 1. The van der Waals surface area contributed by atoms with Crippen molar-refractivity contribution in [3.63, 3.8) is 0 Å². The fraction of sp³-hybridized carbons (Fsp3) is 0.450. The number of benzene rings is 1. The Morgan fingerprint density at radius 1 is 1.31 bits per heavy atom. The molecule has 0 saturated carbocycles. The zero-order chi connectivity index (χ0) is 18.1. The molecule has 2 aliphatic heterocycles. The molecule has 3 N–H and O–H groups in total. The number of aliphatic hydroxyl groups excluding tert-OH is 1. The second-order valence-corrected chi connectivity index (χ2v) is 8.21. The normalized spacial score (nSPS) is 26.4. The van der Waals surface area contributed by atoms with Crippen molar-refractivity contribution in [3.05, 3.63) is 51.7 Å². The van der Waals surface area contributed by atoms with E-state index in [-0.39, 0.29) is 5.91 Å². The fourth-order valence-corrected chi connectivity index (χ4v) is 4.78. The maximum absolute atomic E-state index is 11.5. The van der Waals surface area contributed by atoms with Gasteiger partial charge in [-0.15, -0.1) is 11.3 Å². The standard InChI is InChI=1S/C20H24N2O3S/c23-17-13-22(10-8-20(17,25)18-2-1-11-26-18)9-7-14-3-5-16-15(12-14)4-6-19(24)21-16/h1-3,5,11-12,17,23,25H,4,6-10,13H2,(H,21,24)/t17-,20+/m1/s1. The lowest BCUT2D eigenvalue weighted by atomic mass is 9.87. The minimum atomic E-state index is -1.12. The summed E-state index contributed by atoms with van der Waals surface area (Å²) in [4.78, 5) is 14.5. The predicted molar refractivity (Wildman–Crippen MR) is 102 cm³/mol. The molecule has 2 atom stereocenters. The van der Waals surface area contributed by atoms with Crippen molar-refractivity contribution < 1.29 is 15.0 Å². The third-order valence-corrected chi connectivity index (χ3v) is 6.56. The number of β-amino-alcohol motifs (C(OH)–C–C–N with tert-alkyl or cyclic N) is 1. The van der Waals surface area contributed by atoms with Crippen LogP contribution in [0, 0.1) is 0 Å². The molecular weight excluding hydrogens is 348 g/mol. The van der Waals surface area contributed by atoms with E-state index >= 15 is 0 Å². The highest BCUT2D eigenvalue weighted by molar-refractivity contribution is 7.10. The molecule has 4 rings (SSSR count). The van der Waals surface area contributed by atoms with Crippen molar-refractivity contribution in [2.24, 2.45) is 0 Å². The molecule has 0 radical (unpaired) electrons. The van der Waals surface area contributed by atoms with Crippen LogP contribution in [0.1, 0.15) is 28.8 Å². The molecule has 1 aromatic heterocycles. The molecule has 0 aliphatic carbocycles. The van der Waals surface area contributed by atoms with Crippen molar-refractivity contribution >= 4 is 22.9 Å². The Morgan fingerprint density at radius 3 is 2.96 bits per heavy atom. The Bertz CT molecular complexity index is 792. The highest BCUT2D eigenvalue weighted by Crippen LogP contribution is 2.35. The molecule has 1 amide bonds. The third-order valence-electron chi connectivity index (χ3n) is 5.52. The molecule has 138 valence electrons. The van der Waals surface area contributed by atoms with Gasteiger partial charge in [0.15, 0.2) is 0 Å². The number of carbonyl (C=O) groups is 1. The number of hydrogen-bond donors (Lipinski definition) is 3. The van der Waals surface area contributed by atoms with E-state index in [1.54, 1.807) is 0 Å². The summed E-state index contributed by atoms with van der Waals surface area (Å²) in [5, 5.41) is 26.2. The number of nitrogens with zero attached hydrogens (tertiary/aromatic N) is 1. The number of amides is 1. The zero-order valence-electron chi connectivity index (χ0n) is 14.6. The first-order valence-corrected chi connectivity index (χ1v) is 10.0. The van der Waals surface area contributed by atoms with Crippen LogP contribution in [0.25, 0.3) is 0 Å². The molecule has 0 unspecified atom stereocenters. The van der Waals surface area contributed by atoms with Gasteiger partial charge in [0.1, 0.15) is 11.7 Å². The number of piperidine rings is 1. The van der Waals surface area contributed by atoms with Crippen molar-refractivity contribution in [2.75, 3.05) is 25.0 Å². The van der Waals surface area contributed by atoms with E-state index in [0.29, 0.717) is 19.4 Å². The van der Waals surface area contributed by atoms with Crippen LogP contribution >= 0.6 is 11.3 Å². The third kappa shape index (κ3) is 3.42. The van der Waals surface area contributed by atoms with Crippen LogP contribution < -0.4 is 5.32 Å². The van der Waals surface area contributed by atoms with E-state index in [2.05, 4.69) is 22.3 Å². The summed E-state index contributed by atoms with van der Waals surface area (Å²) in [5.74, 6) is 0.0887. The van der Waals surface area contributed by atoms with Crippen LogP contribution in [0.3, 0.4) is 0 Å². The Labute approximate surface area is 157 Å². The predicted octanol–water partition coefficient (Wildman–Crippen LogP) is 2.13. The quantitative estimate of drug-likeness (QED) is 0.769. The van der Waals surface area contributed by atoms with Gasteiger partial charge < -0.3 is 20.4 Å². The molecular formula is C20H24N2O3S. The van der Waals surface area contributed by atoms with Gasteiger partial charge in [-0.25, -0.2) is 0 Å². The van der Waals surface area contributed by atoms with Gasteiger partial charge in [0, 0.05) is 36.6 Å². The summed E-state index contributed by atoms with van der Waals surface area (Å²) in [6.07, 6.45) is 2.02. The van der Waals surface area contributed by atoms with Crippen LogP contribution in [0.15, 0.2) is 35.7 Å². The van der Waals surface area contributed by atoms with Crippen LogP contribution in [-0.2, 0) is 23.2 Å². The number of anilines is 1. The van der Waals surface area contributed by atoms with Crippen molar-refractivity contribution in [2.45, 2.75) is 37.4 Å². The summed E-state index contributed by atoms with van der Waals surface area (Å²) in [6, 6.07) is 10.0. The first-order chi connectivity index (χ1) is 12.5. The van der Waals surface area contributed by atoms with Gasteiger partial charge in [-0.05, 0) is 47.9 Å². The molecule has 2 aliphatic rings. The number of aryl methyl sites for hydroxylation is 1. The monoisotopic (exact) mass is 372 g/mol. The van der Waals surface area contributed by atoms with Gasteiger partial charge in [-0.2, -0.15) is 0 Å². The van der Waals surface area contributed by atoms with E-state index in [1.807, 2.05) is 23.6 Å². The Kier molecular flexibility index (Phi) is 4.84. The molecule has 26 heavy (non-hydrogen) atoms. The van der Waals surface area contributed by atoms with Crippen molar-refractivity contribution in [3.8, 4) is 0 Å². The second kappa shape index (κ2) is 7.12. The minimum absolute atomic E-state index is 0.0887. The van der Waals surface area contributed by atoms with E-state index in [9.17, 15) is 15.0 Å². The van der Waals surface area contributed by atoms with E-state index in [0.717, 1.165) is 36.5 Å². The number of hydrogen-bond acceptors (Lipinski definition) is 5. The smallest absolute Gasteiger partial charge is 0.224 e. The number of nitrogens with one attached hydrogen (secondary N) is 1. The van der Waals surface area contributed by atoms with E-state index in [4.69, 9.17) is 0 Å². The van der Waals surface area contributed by atoms with Gasteiger partial charge in [0.05, 0.1) is 0 Å². The molecule has 0 spiro atoms. The summed E-state index contributed by atoms with van der Waals surface area (Å²) >= 11 is 1.50. The lowest BCUT2D eigenvalue weighted by Crippen LogP contribution is -2.53. The van der Waals surface area contributed by atoms with Crippen LogP contribution in [-0.4, -0.2) is 46.8 Å². The molecule has 2 aromatic rings. The van der Waals surface area contributed by atoms with Crippen LogP contribution in [0.2, 0.25) is 0 Å². The largest absolute Gasteiger partial charge is 0.388 e. The van der Waals surface area contributed by atoms with Gasteiger partial charge in [0.2, 0.25) is 5.91 Å². The van der Waals surface area contributed by atoms with E-state index in [1.165, 1.54) is 22.5 Å². The maximum atomic E-state index is 11.5. The number of aliphatic hydroxyl groups is 2. The van der Waals surface area contributed by atoms with Crippen LogP contribution in [0.4, 0.5) is 5.69 Å². The SMILES string of the molecule is O=C1CCc2cc(CCN3CC[C@@](O)(c4cccs4)[C@H](O)C3)ccc2N1. The fourth-order valence-electron chi connectivity index (χ4n) is 3.88. The molecule has 0 bridgehead atoms. The maximum Gasteiger partial charge on any atom is 0.224 e. The van der Waals surface area contributed by atoms with Crippen molar-refractivity contribution in [1.82, 2.24) is 4.90 Å². The molecule has 3 heterocycles. The Balaban J connectivity index is 1.36. The number of fused-ring (bicyclic) bond motifs is 1. The minimum Gasteiger partial charge on any atom is -0.388 e. The van der Waals surface area contributed by atoms with Gasteiger partial charge in [-0.3, -0.25) is 4.79 Å². The summed E-state index contributed by atoms with van der Waals surface area (Å²) in [6.45, 7) is 2.10. The number of likely N-dealkylation sites (tertiary alicyclic amines) is 1. The van der Waals surface area contributed by atoms with Crippen LogP contribution in [0.5, 0.6) is 0 Å². The summed E-state index contributed by atoms with van der Waals surface area (Å²) < 4.78 is 0. The highest BCUT2D eigenvalue weighted by Gasteiger charge is 2.42. The lowest BCUT2D eigenvalue weighted by molar-refractivity contribution is -0.122. The lowest BCUT2D eigenvalue weighted by Gasteiger charge is -2.41. The summed E-state index contributed by atoms with van der Waals surface area (Å²) in [5.41, 5.74) is 2.26. The average Bonchev–Trinajstić information content (AvgIpc) is 3.18. The Hall–Kier alpha value is -1.73. The van der Waals surface area contributed by atoms with Gasteiger partial charge in [0.25, 0.3) is 0 Å². The van der Waals surface area contributed by atoms with E-state index < -0.39 is 11.7 Å². The topological polar surface area (TPSA) is 72.8 Å². The first-order valence-electron chi connectivity index (χ1n) is 9.13. The molecule has 1 saturated heterocycles. The highest BCUT2D eigenvalue weighted by atomic mass is 32.1. The molecule has 6 heteroatoms. The van der Waals surface area contributed by atoms with Gasteiger partial charge in [-0.1, -0.05) is 18.2 Å². The second-order valence-electron chi connectivity index (χ2n) is 7.26.